The van der Waals surface area contributed by atoms with Crippen LogP contribution >= 0.6 is 0 Å². The average molecular weight is 451 g/mol. The summed E-state index contributed by atoms with van der Waals surface area (Å²) in [5, 5.41) is 27.7. The highest BCUT2D eigenvalue weighted by Crippen LogP contribution is 2.31. The number of aliphatic carboxylic acids is 1. The van der Waals surface area contributed by atoms with Gasteiger partial charge in [0.2, 0.25) is 0 Å². The Hall–Kier alpha value is -3.48. The van der Waals surface area contributed by atoms with Gasteiger partial charge >= 0.3 is 5.97 Å². The third-order valence-corrected chi connectivity index (χ3v) is 6.02. The zero-order valence-electron chi connectivity index (χ0n) is 19.2. The van der Waals surface area contributed by atoms with E-state index in [-0.39, 0.29) is 36.3 Å². The van der Waals surface area contributed by atoms with Gasteiger partial charge in [-0.2, -0.15) is 0 Å². The first kappa shape index (κ1) is 24.2. The Labute approximate surface area is 193 Å². The van der Waals surface area contributed by atoms with Gasteiger partial charge in [0.25, 0.3) is 0 Å². The van der Waals surface area contributed by atoms with Crippen LogP contribution in [0.2, 0.25) is 0 Å². The van der Waals surface area contributed by atoms with Crippen molar-refractivity contribution in [3.8, 4) is 16.9 Å². The van der Waals surface area contributed by atoms with Gasteiger partial charge in [-0.15, -0.1) is 0 Å². The number of aliphatic imine (C=N–C) groups is 1. The number of carbonyl (C=O) groups is 2. The van der Waals surface area contributed by atoms with E-state index in [9.17, 15) is 14.7 Å². The number of ketones is 1. The maximum absolute atomic E-state index is 13.1. The molecule has 7 heteroatoms. The van der Waals surface area contributed by atoms with E-state index < -0.39 is 17.8 Å². The number of phenols is 1. The number of aromatic hydroxyl groups is 1. The lowest BCUT2D eigenvalue weighted by Crippen LogP contribution is -2.30. The highest BCUT2D eigenvalue weighted by atomic mass is 16.5. The van der Waals surface area contributed by atoms with Crippen molar-refractivity contribution in [2.75, 3.05) is 6.61 Å². The molecule has 3 unspecified atom stereocenters. The smallest absolute Gasteiger partial charge is 0.306 e. The molecule has 0 saturated carbocycles. The van der Waals surface area contributed by atoms with Gasteiger partial charge in [0.1, 0.15) is 12.4 Å². The number of hydrogen-bond acceptors (Lipinski definition) is 6. The molecule has 1 aliphatic heterocycles. The fourth-order valence-corrected chi connectivity index (χ4v) is 4.07. The van der Waals surface area contributed by atoms with E-state index in [4.69, 9.17) is 15.3 Å². The third kappa shape index (κ3) is 5.66. The summed E-state index contributed by atoms with van der Waals surface area (Å²) in [7, 11) is 0. The standard InChI is InChI=1S/C26H30N2O5/c1-4-20(25-28-18(14-33-25)11-16(3)26(31)32)24(27)23(30)12-17-9-10-19(29)13-22(17)21-8-6-5-7-15(21)2/h5-10,13,16,18,20,27,29H,4,11-12,14H2,1-3H3,(H,31,32). The van der Waals surface area contributed by atoms with E-state index in [1.807, 2.05) is 38.1 Å². The monoisotopic (exact) mass is 450 g/mol. The molecule has 0 saturated heterocycles. The van der Waals surface area contributed by atoms with Gasteiger partial charge in [0.15, 0.2) is 11.7 Å². The zero-order chi connectivity index (χ0) is 24.1. The number of carboxylic acids is 1. The van der Waals surface area contributed by atoms with E-state index in [1.165, 1.54) is 0 Å². The number of phenolic OH excluding ortho intramolecular Hbond substituents is 1. The number of hydrogen-bond donors (Lipinski definition) is 3. The molecule has 3 rings (SSSR count). The molecule has 0 aromatic heterocycles. The molecule has 1 aliphatic rings. The van der Waals surface area contributed by atoms with Crippen LogP contribution in [0.15, 0.2) is 47.5 Å². The fourth-order valence-electron chi connectivity index (χ4n) is 4.07. The Morgan fingerprint density at radius 1 is 1.21 bits per heavy atom. The molecule has 2 aromatic carbocycles. The van der Waals surface area contributed by atoms with Crippen LogP contribution in [-0.4, -0.2) is 46.2 Å². The van der Waals surface area contributed by atoms with Gasteiger partial charge in [-0.05, 0) is 54.2 Å². The molecule has 174 valence electrons. The number of ether oxygens (including phenoxy) is 1. The van der Waals surface area contributed by atoms with Crippen molar-refractivity contribution >= 4 is 23.4 Å². The second-order valence-electron chi connectivity index (χ2n) is 8.54. The summed E-state index contributed by atoms with van der Waals surface area (Å²) in [6, 6.07) is 12.4. The van der Waals surface area contributed by atoms with Crippen LogP contribution in [0.1, 0.15) is 37.8 Å². The molecule has 33 heavy (non-hydrogen) atoms. The molecule has 0 aliphatic carbocycles. The van der Waals surface area contributed by atoms with Crippen molar-refractivity contribution in [3.05, 3.63) is 53.6 Å². The van der Waals surface area contributed by atoms with Gasteiger partial charge in [-0.3, -0.25) is 9.59 Å². The van der Waals surface area contributed by atoms with Crippen molar-refractivity contribution in [2.24, 2.45) is 16.8 Å². The summed E-state index contributed by atoms with van der Waals surface area (Å²) in [6.45, 7) is 5.73. The summed E-state index contributed by atoms with van der Waals surface area (Å²) in [6.07, 6.45) is 0.848. The lowest BCUT2D eigenvalue weighted by molar-refractivity contribution is -0.141. The Morgan fingerprint density at radius 2 is 1.94 bits per heavy atom. The molecule has 0 spiro atoms. The van der Waals surface area contributed by atoms with Crippen LogP contribution in [0, 0.1) is 24.2 Å². The molecular formula is C26H30N2O5. The minimum absolute atomic E-state index is 0.0199. The number of Topliss-reactive ketones (excluding diaryl/α,β-unsaturated/α-hetero) is 1. The average Bonchev–Trinajstić information content (AvgIpc) is 3.23. The van der Waals surface area contributed by atoms with Crippen molar-refractivity contribution in [2.45, 2.75) is 46.1 Å². The van der Waals surface area contributed by atoms with Crippen molar-refractivity contribution in [3.63, 3.8) is 0 Å². The Bertz CT molecular complexity index is 1090. The van der Waals surface area contributed by atoms with Crippen LogP contribution < -0.4 is 0 Å². The van der Waals surface area contributed by atoms with Crippen LogP contribution in [0.5, 0.6) is 5.75 Å². The normalized spacial score (nSPS) is 17.1. The quantitative estimate of drug-likeness (QED) is 0.463. The summed E-state index contributed by atoms with van der Waals surface area (Å²) >= 11 is 0. The SMILES string of the molecule is CCC(C(=N)C(=O)Cc1ccc(O)cc1-c1ccccc1C)C1=NC(CC(C)C(=O)O)CO1. The number of carbonyl (C=O) groups excluding carboxylic acids is 1. The maximum atomic E-state index is 13.1. The largest absolute Gasteiger partial charge is 0.508 e. The molecule has 0 bridgehead atoms. The summed E-state index contributed by atoms with van der Waals surface area (Å²) < 4.78 is 5.68. The summed E-state index contributed by atoms with van der Waals surface area (Å²) in [5.74, 6) is -1.88. The summed E-state index contributed by atoms with van der Waals surface area (Å²) in [5.41, 5.74) is 3.36. The molecule has 0 radical (unpaired) electrons. The molecule has 2 aromatic rings. The predicted molar refractivity (Wildman–Crippen MR) is 127 cm³/mol. The van der Waals surface area contributed by atoms with Crippen molar-refractivity contribution < 1.29 is 24.5 Å². The number of benzene rings is 2. The molecule has 3 atom stereocenters. The fraction of sp³-hybridized carbons (Fsp3) is 0.385. The number of carboxylic acid groups (broad SMARTS) is 1. The van der Waals surface area contributed by atoms with Crippen LogP contribution in [0.25, 0.3) is 11.1 Å². The van der Waals surface area contributed by atoms with E-state index in [2.05, 4.69) is 4.99 Å². The molecule has 0 amide bonds. The van der Waals surface area contributed by atoms with Gasteiger partial charge < -0.3 is 20.4 Å². The van der Waals surface area contributed by atoms with Crippen molar-refractivity contribution in [1.29, 1.82) is 5.41 Å². The third-order valence-electron chi connectivity index (χ3n) is 6.02. The maximum Gasteiger partial charge on any atom is 0.306 e. The Balaban J connectivity index is 1.79. The molecule has 7 nitrogen and oxygen atoms in total. The molecule has 3 N–H and O–H groups in total. The topological polar surface area (TPSA) is 120 Å². The minimum atomic E-state index is -0.882. The highest BCUT2D eigenvalue weighted by molar-refractivity contribution is 6.43. The second-order valence-corrected chi connectivity index (χ2v) is 8.54. The zero-order valence-corrected chi connectivity index (χ0v) is 19.2. The van der Waals surface area contributed by atoms with Gasteiger partial charge in [0.05, 0.1) is 23.6 Å². The summed E-state index contributed by atoms with van der Waals surface area (Å²) in [4.78, 5) is 28.7. The molecule has 1 heterocycles. The molecular weight excluding hydrogens is 420 g/mol. The lowest BCUT2D eigenvalue weighted by Gasteiger charge is -2.16. The first-order valence-electron chi connectivity index (χ1n) is 11.1. The van der Waals surface area contributed by atoms with E-state index in [0.29, 0.717) is 18.7 Å². The number of nitrogens with zero attached hydrogens (tertiary/aromatic N) is 1. The first-order valence-corrected chi connectivity index (χ1v) is 11.1. The van der Waals surface area contributed by atoms with Crippen LogP contribution in [0.3, 0.4) is 0 Å². The number of nitrogens with one attached hydrogen (secondary N) is 1. The highest BCUT2D eigenvalue weighted by Gasteiger charge is 2.32. The van der Waals surface area contributed by atoms with Crippen LogP contribution in [-0.2, 0) is 20.7 Å². The van der Waals surface area contributed by atoms with Crippen molar-refractivity contribution in [1.82, 2.24) is 0 Å². The Morgan fingerprint density at radius 3 is 2.61 bits per heavy atom. The first-order chi connectivity index (χ1) is 15.7. The van der Waals surface area contributed by atoms with Gasteiger partial charge in [-0.25, -0.2) is 4.99 Å². The van der Waals surface area contributed by atoms with Gasteiger partial charge in [0, 0.05) is 6.42 Å². The van der Waals surface area contributed by atoms with E-state index >= 15 is 0 Å². The van der Waals surface area contributed by atoms with Gasteiger partial charge in [-0.1, -0.05) is 44.2 Å². The Kier molecular flexibility index (Phi) is 7.63. The minimum Gasteiger partial charge on any atom is -0.508 e. The molecule has 0 fully saturated rings. The van der Waals surface area contributed by atoms with E-state index in [1.54, 1.807) is 25.1 Å². The van der Waals surface area contributed by atoms with Crippen LogP contribution in [0.4, 0.5) is 0 Å². The van der Waals surface area contributed by atoms with E-state index in [0.717, 1.165) is 22.3 Å². The number of aryl methyl sites for hydroxylation is 1. The second kappa shape index (κ2) is 10.4. The number of rotatable bonds is 10. The predicted octanol–water partition coefficient (Wildman–Crippen LogP) is 4.43. The lowest BCUT2D eigenvalue weighted by atomic mass is 9.89.